The minimum atomic E-state index is -0.424. The van der Waals surface area contributed by atoms with Crippen molar-refractivity contribution in [1.29, 1.82) is 0 Å². The van der Waals surface area contributed by atoms with Gasteiger partial charge in [0.2, 0.25) is 11.8 Å². The molecular weight excluding hydrogens is 316 g/mol. The van der Waals surface area contributed by atoms with Crippen LogP contribution >= 0.6 is 0 Å². The van der Waals surface area contributed by atoms with Crippen molar-refractivity contribution in [3.63, 3.8) is 0 Å². The predicted octanol–water partition coefficient (Wildman–Crippen LogP) is 3.29. The quantitative estimate of drug-likeness (QED) is 0.774. The molecule has 0 fully saturated rings. The number of ether oxygens (including phenoxy) is 1. The molecule has 0 aliphatic carbocycles. The number of rotatable bonds is 6. The largest absolute Gasteiger partial charge is 0.382 e. The van der Waals surface area contributed by atoms with Crippen molar-refractivity contribution < 1.29 is 14.3 Å². The number of allylic oxidation sites excluding steroid dienone is 2. The Hall–Kier alpha value is -2.40. The molecule has 0 aromatic heterocycles. The summed E-state index contributed by atoms with van der Waals surface area (Å²) in [6.45, 7) is 12.8. The van der Waals surface area contributed by atoms with Crippen LogP contribution in [0.25, 0.3) is 11.1 Å². The number of primary amides is 2. The van der Waals surface area contributed by atoms with Gasteiger partial charge in [-0.2, -0.15) is 0 Å². The Balaban J connectivity index is 0.00000101. The van der Waals surface area contributed by atoms with Crippen LogP contribution in [0.4, 0.5) is 0 Å². The lowest BCUT2D eigenvalue weighted by Gasteiger charge is -2.09. The molecule has 0 spiro atoms. The van der Waals surface area contributed by atoms with Crippen LogP contribution < -0.4 is 11.5 Å². The number of carbonyl (C=O) groups excluding carboxylic acids is 2. The van der Waals surface area contributed by atoms with Gasteiger partial charge in [0.15, 0.2) is 0 Å². The van der Waals surface area contributed by atoms with Gasteiger partial charge >= 0.3 is 0 Å². The SMILES string of the molecule is C/C(C(N)=O)=C(/C)c1ccc(/C(C)=C(\C)C(N)=O)cc1.CCOCC. The van der Waals surface area contributed by atoms with Crippen LogP contribution in [0.1, 0.15) is 52.7 Å². The van der Waals surface area contributed by atoms with E-state index in [1.807, 2.05) is 52.0 Å². The zero-order valence-electron chi connectivity index (χ0n) is 16.1. The summed E-state index contributed by atoms with van der Waals surface area (Å²) < 4.78 is 4.83. The first-order chi connectivity index (χ1) is 11.7. The molecule has 4 N–H and O–H groups in total. The first-order valence-corrected chi connectivity index (χ1v) is 8.30. The molecule has 5 nitrogen and oxygen atoms in total. The van der Waals surface area contributed by atoms with E-state index in [-0.39, 0.29) is 0 Å². The second kappa shape index (κ2) is 11.2. The van der Waals surface area contributed by atoms with Crippen molar-refractivity contribution in [2.45, 2.75) is 41.5 Å². The Labute approximate surface area is 150 Å². The number of hydrogen-bond donors (Lipinski definition) is 2. The first-order valence-electron chi connectivity index (χ1n) is 8.30. The van der Waals surface area contributed by atoms with Crippen molar-refractivity contribution in [3.8, 4) is 0 Å². The molecule has 1 rings (SSSR count). The monoisotopic (exact) mass is 346 g/mol. The van der Waals surface area contributed by atoms with Gasteiger partial charge in [-0.25, -0.2) is 0 Å². The minimum Gasteiger partial charge on any atom is -0.382 e. The molecule has 0 unspecified atom stereocenters. The number of amides is 2. The molecule has 0 aliphatic heterocycles. The van der Waals surface area contributed by atoms with Crippen molar-refractivity contribution in [2.24, 2.45) is 11.5 Å². The summed E-state index contributed by atoms with van der Waals surface area (Å²) in [5, 5.41) is 0. The van der Waals surface area contributed by atoms with E-state index in [4.69, 9.17) is 16.2 Å². The number of nitrogens with two attached hydrogens (primary N) is 2. The third-order valence-corrected chi connectivity index (χ3v) is 4.02. The van der Waals surface area contributed by atoms with E-state index in [2.05, 4.69) is 0 Å². The average molecular weight is 346 g/mol. The molecule has 25 heavy (non-hydrogen) atoms. The van der Waals surface area contributed by atoms with Crippen molar-refractivity contribution in [3.05, 3.63) is 46.5 Å². The normalized spacial score (nSPS) is 12.4. The summed E-state index contributed by atoms with van der Waals surface area (Å²) in [5.41, 5.74) is 15.2. The van der Waals surface area contributed by atoms with E-state index in [0.29, 0.717) is 11.1 Å². The summed E-state index contributed by atoms with van der Waals surface area (Å²) in [6.07, 6.45) is 0. The van der Waals surface area contributed by atoms with Crippen LogP contribution in [-0.4, -0.2) is 25.0 Å². The summed E-state index contributed by atoms with van der Waals surface area (Å²) in [5.74, 6) is -0.848. The first kappa shape index (κ1) is 22.6. The maximum atomic E-state index is 11.2. The Kier molecular flexibility index (Phi) is 10.1. The molecule has 5 heteroatoms. The number of benzene rings is 1. The van der Waals surface area contributed by atoms with E-state index in [9.17, 15) is 9.59 Å². The Bertz CT molecular complexity index is 599. The highest BCUT2D eigenvalue weighted by atomic mass is 16.5. The average Bonchev–Trinajstić information content (AvgIpc) is 2.60. The van der Waals surface area contributed by atoms with E-state index in [0.717, 1.165) is 35.5 Å². The van der Waals surface area contributed by atoms with E-state index >= 15 is 0 Å². The Morgan fingerprint density at radius 3 is 1.20 bits per heavy atom. The number of carbonyl (C=O) groups is 2. The molecule has 138 valence electrons. The fraction of sp³-hybridized carbons (Fsp3) is 0.400. The molecule has 0 radical (unpaired) electrons. The fourth-order valence-corrected chi connectivity index (χ4v) is 1.98. The van der Waals surface area contributed by atoms with Gasteiger partial charge in [0.25, 0.3) is 0 Å². The van der Waals surface area contributed by atoms with Gasteiger partial charge < -0.3 is 16.2 Å². The van der Waals surface area contributed by atoms with Gasteiger partial charge in [-0.05, 0) is 63.8 Å². The Morgan fingerprint density at radius 2 is 1.04 bits per heavy atom. The summed E-state index contributed by atoms with van der Waals surface area (Å²) >= 11 is 0. The van der Waals surface area contributed by atoms with Crippen LogP contribution in [0.15, 0.2) is 35.4 Å². The lowest BCUT2D eigenvalue weighted by Crippen LogP contribution is -2.13. The zero-order valence-corrected chi connectivity index (χ0v) is 16.1. The standard InChI is InChI=1S/C16H20N2O2.C4H10O/c1-9(11(3)15(17)19)13-5-7-14(8-6-13)10(2)12(4)16(18)20;1-3-5-4-2/h5-8H,1-4H3,(H2,17,19)(H2,18,20);3-4H2,1-2H3/b11-9+,12-10+;. The van der Waals surface area contributed by atoms with E-state index < -0.39 is 11.8 Å². The van der Waals surface area contributed by atoms with Gasteiger partial charge in [0.05, 0.1) is 0 Å². The maximum absolute atomic E-state index is 11.2. The third kappa shape index (κ3) is 7.35. The van der Waals surface area contributed by atoms with Crippen LogP contribution in [0.3, 0.4) is 0 Å². The van der Waals surface area contributed by atoms with Gasteiger partial charge in [0.1, 0.15) is 0 Å². The third-order valence-electron chi connectivity index (χ3n) is 4.02. The van der Waals surface area contributed by atoms with Crippen LogP contribution in [0, 0.1) is 0 Å². The predicted molar refractivity (Wildman–Crippen MR) is 104 cm³/mol. The second-order valence-electron chi connectivity index (χ2n) is 5.59. The van der Waals surface area contributed by atoms with Crippen LogP contribution in [0.2, 0.25) is 0 Å². The molecule has 1 aromatic rings. The highest BCUT2D eigenvalue weighted by Gasteiger charge is 2.08. The molecule has 2 amide bonds. The smallest absolute Gasteiger partial charge is 0.244 e. The second-order valence-corrected chi connectivity index (χ2v) is 5.59. The fourth-order valence-electron chi connectivity index (χ4n) is 1.98. The minimum absolute atomic E-state index is 0.424. The molecular formula is C20H30N2O3. The van der Waals surface area contributed by atoms with E-state index in [1.54, 1.807) is 13.8 Å². The van der Waals surface area contributed by atoms with Gasteiger partial charge in [-0.3, -0.25) is 9.59 Å². The van der Waals surface area contributed by atoms with Crippen molar-refractivity contribution in [1.82, 2.24) is 0 Å². The maximum Gasteiger partial charge on any atom is 0.244 e. The van der Waals surface area contributed by atoms with Crippen molar-refractivity contribution in [2.75, 3.05) is 13.2 Å². The summed E-state index contributed by atoms with van der Waals surface area (Å²) in [6, 6.07) is 7.59. The molecule has 0 saturated heterocycles. The zero-order chi connectivity index (χ0) is 19.6. The van der Waals surface area contributed by atoms with E-state index in [1.165, 1.54) is 0 Å². The summed E-state index contributed by atoms with van der Waals surface area (Å²) in [7, 11) is 0. The highest BCUT2D eigenvalue weighted by Crippen LogP contribution is 2.23. The molecule has 0 aliphatic rings. The van der Waals surface area contributed by atoms with Crippen molar-refractivity contribution >= 4 is 23.0 Å². The molecule has 0 heterocycles. The summed E-state index contributed by atoms with van der Waals surface area (Å²) in [4.78, 5) is 22.3. The lowest BCUT2D eigenvalue weighted by atomic mass is 9.97. The number of hydrogen-bond acceptors (Lipinski definition) is 3. The van der Waals surface area contributed by atoms with Gasteiger partial charge in [-0.1, -0.05) is 24.3 Å². The molecule has 0 bridgehead atoms. The highest BCUT2D eigenvalue weighted by molar-refractivity contribution is 6.00. The topological polar surface area (TPSA) is 95.4 Å². The van der Waals surface area contributed by atoms with Crippen LogP contribution in [-0.2, 0) is 14.3 Å². The lowest BCUT2D eigenvalue weighted by molar-refractivity contribution is -0.115. The molecule has 1 aromatic carbocycles. The van der Waals surface area contributed by atoms with Crippen LogP contribution in [0.5, 0.6) is 0 Å². The molecule has 0 atom stereocenters. The Morgan fingerprint density at radius 1 is 0.760 bits per heavy atom. The molecule has 0 saturated carbocycles. The van der Waals surface area contributed by atoms with Gasteiger partial charge in [0, 0.05) is 24.4 Å². The van der Waals surface area contributed by atoms with Gasteiger partial charge in [-0.15, -0.1) is 0 Å².